The monoisotopic (exact) mass is 324 g/mol. The largest absolute Gasteiger partial charge is 0.488 e. The van der Waals surface area contributed by atoms with Crippen LogP contribution in [0, 0.1) is 17.6 Å². The van der Waals surface area contributed by atoms with E-state index < -0.39 is 11.6 Å². The minimum Gasteiger partial charge on any atom is -0.488 e. The summed E-state index contributed by atoms with van der Waals surface area (Å²) in [7, 11) is 0. The van der Waals surface area contributed by atoms with E-state index in [0.29, 0.717) is 12.5 Å². The van der Waals surface area contributed by atoms with Gasteiger partial charge in [-0.25, -0.2) is 8.78 Å². The topological polar surface area (TPSA) is 9.23 Å². The van der Waals surface area contributed by atoms with Crippen LogP contribution in [-0.2, 0) is 0 Å². The predicted octanol–water partition coefficient (Wildman–Crippen LogP) is 6.61. The molecule has 1 saturated carbocycles. The molecule has 1 aliphatic carbocycles. The van der Waals surface area contributed by atoms with Crippen LogP contribution >= 0.6 is 0 Å². The Morgan fingerprint density at radius 1 is 0.957 bits per heavy atom. The maximum atomic E-state index is 14.2. The van der Waals surface area contributed by atoms with Crippen molar-refractivity contribution < 1.29 is 13.5 Å². The third-order valence-corrected chi connectivity index (χ3v) is 5.05. The van der Waals surface area contributed by atoms with Crippen LogP contribution in [0.1, 0.15) is 83.1 Å². The fraction of sp³-hybridized carbons (Fsp3) is 0.700. The fourth-order valence-corrected chi connectivity index (χ4v) is 3.55. The number of benzene rings is 1. The molecule has 1 aromatic rings. The van der Waals surface area contributed by atoms with Gasteiger partial charge in [0.1, 0.15) is 0 Å². The highest BCUT2D eigenvalue weighted by molar-refractivity contribution is 5.33. The molecule has 1 aromatic carbocycles. The molecular formula is C20H30F2O. The van der Waals surface area contributed by atoms with Gasteiger partial charge in [-0.1, -0.05) is 39.5 Å². The first kappa shape index (κ1) is 18.2. The van der Waals surface area contributed by atoms with Gasteiger partial charge in [-0.3, -0.25) is 0 Å². The average Bonchev–Trinajstić information content (AvgIpc) is 2.56. The normalized spacial score (nSPS) is 21.4. The summed E-state index contributed by atoms with van der Waals surface area (Å²) in [5.41, 5.74) is 0.803. The number of halogens is 2. The van der Waals surface area contributed by atoms with Crippen LogP contribution in [0.15, 0.2) is 12.1 Å². The summed E-state index contributed by atoms with van der Waals surface area (Å²) in [6.45, 7) is 4.61. The minimum absolute atomic E-state index is 0.209. The van der Waals surface area contributed by atoms with Crippen molar-refractivity contribution in [2.75, 3.05) is 6.61 Å². The van der Waals surface area contributed by atoms with E-state index >= 15 is 0 Å². The van der Waals surface area contributed by atoms with Crippen LogP contribution in [0.5, 0.6) is 5.75 Å². The Morgan fingerprint density at radius 2 is 1.57 bits per heavy atom. The van der Waals surface area contributed by atoms with Crippen LogP contribution in [-0.4, -0.2) is 6.61 Å². The van der Waals surface area contributed by atoms with Gasteiger partial charge in [0.05, 0.1) is 6.61 Å². The zero-order valence-electron chi connectivity index (χ0n) is 14.5. The molecule has 1 nitrogen and oxygen atoms in total. The van der Waals surface area contributed by atoms with Gasteiger partial charge in [0.2, 0.25) is 0 Å². The third-order valence-electron chi connectivity index (χ3n) is 5.05. The van der Waals surface area contributed by atoms with Crippen molar-refractivity contribution >= 4 is 0 Å². The molecule has 0 spiro atoms. The lowest BCUT2D eigenvalue weighted by Gasteiger charge is -2.29. The van der Waals surface area contributed by atoms with E-state index in [9.17, 15) is 8.78 Å². The summed E-state index contributed by atoms with van der Waals surface area (Å²) in [5, 5.41) is 0. The highest BCUT2D eigenvalue weighted by Crippen LogP contribution is 2.39. The van der Waals surface area contributed by atoms with E-state index in [2.05, 4.69) is 6.92 Å². The van der Waals surface area contributed by atoms with Crippen LogP contribution in [0.4, 0.5) is 8.78 Å². The zero-order chi connectivity index (χ0) is 16.7. The summed E-state index contributed by atoms with van der Waals surface area (Å²) < 4.78 is 33.6. The average molecular weight is 324 g/mol. The van der Waals surface area contributed by atoms with Gasteiger partial charge < -0.3 is 4.74 Å². The summed E-state index contributed by atoms with van der Waals surface area (Å²) in [5.74, 6) is -0.216. The lowest BCUT2D eigenvalue weighted by molar-refractivity contribution is 0.276. The molecule has 3 heteroatoms. The highest BCUT2D eigenvalue weighted by atomic mass is 19.1. The molecular weight excluding hydrogens is 294 g/mol. The molecule has 0 saturated heterocycles. The first-order valence-electron chi connectivity index (χ1n) is 9.27. The summed E-state index contributed by atoms with van der Waals surface area (Å²) in [4.78, 5) is 0. The quantitative estimate of drug-likeness (QED) is 0.489. The molecule has 0 atom stereocenters. The van der Waals surface area contributed by atoms with Gasteiger partial charge in [0.25, 0.3) is 0 Å². The zero-order valence-corrected chi connectivity index (χ0v) is 14.5. The number of hydrogen-bond acceptors (Lipinski definition) is 1. The Labute approximate surface area is 139 Å². The molecule has 1 fully saturated rings. The van der Waals surface area contributed by atoms with Crippen molar-refractivity contribution in [3.63, 3.8) is 0 Å². The second-order valence-electron chi connectivity index (χ2n) is 6.88. The molecule has 23 heavy (non-hydrogen) atoms. The highest BCUT2D eigenvalue weighted by Gasteiger charge is 2.24. The molecule has 0 aliphatic heterocycles. The van der Waals surface area contributed by atoms with Gasteiger partial charge >= 0.3 is 0 Å². The molecule has 0 N–H and O–H groups in total. The number of rotatable bonds is 8. The van der Waals surface area contributed by atoms with Crippen LogP contribution in [0.25, 0.3) is 0 Å². The van der Waals surface area contributed by atoms with Crippen molar-refractivity contribution in [3.8, 4) is 5.75 Å². The second-order valence-corrected chi connectivity index (χ2v) is 6.88. The minimum atomic E-state index is -0.552. The van der Waals surface area contributed by atoms with Gasteiger partial charge in [-0.15, -0.1) is 0 Å². The van der Waals surface area contributed by atoms with E-state index in [1.807, 2.05) is 6.92 Å². The van der Waals surface area contributed by atoms with Gasteiger partial charge in [0.15, 0.2) is 17.4 Å². The van der Waals surface area contributed by atoms with Crippen molar-refractivity contribution in [1.82, 2.24) is 0 Å². The van der Waals surface area contributed by atoms with Gasteiger partial charge in [-0.2, -0.15) is 0 Å². The third kappa shape index (κ3) is 5.19. The summed E-state index contributed by atoms with van der Waals surface area (Å²) >= 11 is 0. The number of hydrogen-bond donors (Lipinski definition) is 0. The number of unbranched alkanes of at least 4 members (excludes halogenated alkanes) is 2. The molecule has 130 valence electrons. The molecule has 0 heterocycles. The van der Waals surface area contributed by atoms with Crippen molar-refractivity contribution in [1.29, 1.82) is 0 Å². The molecule has 0 radical (unpaired) electrons. The maximum Gasteiger partial charge on any atom is 0.190 e. The standard InChI is InChI=1S/C20H30F2O/c1-3-5-7-15-8-10-16(11-9-15)17-13-18(21)20(19(22)14-17)23-12-6-4-2/h13-16H,3-12H2,1-2H3. The summed E-state index contributed by atoms with van der Waals surface area (Å²) in [6.07, 6.45) is 10.1. The van der Waals surface area contributed by atoms with E-state index in [4.69, 9.17) is 4.74 Å². The summed E-state index contributed by atoms with van der Waals surface area (Å²) in [6, 6.07) is 2.97. The van der Waals surface area contributed by atoms with E-state index in [1.54, 1.807) is 0 Å². The number of ether oxygens (including phenoxy) is 1. The molecule has 1 aliphatic rings. The van der Waals surface area contributed by atoms with Gasteiger partial charge in [-0.05, 0) is 61.6 Å². The van der Waals surface area contributed by atoms with Crippen molar-refractivity contribution in [2.45, 2.75) is 77.6 Å². The molecule has 2 rings (SSSR count). The molecule has 0 bridgehead atoms. The lowest BCUT2D eigenvalue weighted by Crippen LogP contribution is -2.14. The maximum absolute atomic E-state index is 14.2. The smallest absolute Gasteiger partial charge is 0.190 e. The van der Waals surface area contributed by atoms with E-state index in [0.717, 1.165) is 37.2 Å². The van der Waals surface area contributed by atoms with Crippen LogP contribution < -0.4 is 4.74 Å². The Bertz CT molecular complexity index is 456. The Kier molecular flexibility index (Phi) is 7.32. The van der Waals surface area contributed by atoms with E-state index in [1.165, 1.54) is 44.2 Å². The first-order chi connectivity index (χ1) is 11.2. The molecule has 0 unspecified atom stereocenters. The second kappa shape index (κ2) is 9.24. The first-order valence-corrected chi connectivity index (χ1v) is 9.27. The van der Waals surface area contributed by atoms with Crippen LogP contribution in [0.3, 0.4) is 0 Å². The molecule has 0 aromatic heterocycles. The lowest BCUT2D eigenvalue weighted by atomic mass is 9.77. The van der Waals surface area contributed by atoms with Crippen molar-refractivity contribution in [3.05, 3.63) is 29.3 Å². The van der Waals surface area contributed by atoms with E-state index in [-0.39, 0.29) is 5.75 Å². The Balaban J connectivity index is 1.96. The van der Waals surface area contributed by atoms with Crippen LogP contribution in [0.2, 0.25) is 0 Å². The van der Waals surface area contributed by atoms with Gasteiger partial charge in [0, 0.05) is 0 Å². The SMILES string of the molecule is CCCCOc1c(F)cc(C2CCC(CCCC)CC2)cc1F. The predicted molar refractivity (Wildman–Crippen MR) is 91.0 cm³/mol. The Morgan fingerprint density at radius 3 is 2.13 bits per heavy atom. The Hall–Kier alpha value is -1.12. The van der Waals surface area contributed by atoms with Crippen molar-refractivity contribution in [2.24, 2.45) is 5.92 Å². The fourth-order valence-electron chi connectivity index (χ4n) is 3.55. The molecule has 0 amide bonds.